The Labute approximate surface area is 113 Å². The van der Waals surface area contributed by atoms with Crippen LogP contribution < -0.4 is 0 Å². The molecule has 4 heteroatoms. The van der Waals surface area contributed by atoms with E-state index in [0.717, 1.165) is 0 Å². The number of carboxylic acids is 1. The van der Waals surface area contributed by atoms with Gasteiger partial charge in [0.1, 0.15) is 0 Å². The van der Waals surface area contributed by atoms with Gasteiger partial charge in [0.2, 0.25) is 0 Å². The first-order valence-electron chi connectivity index (χ1n) is 6.71. The molecular weight excluding hydrogens is 244 g/mol. The number of allylic oxidation sites excluding steroid dienone is 3. The lowest BCUT2D eigenvalue weighted by Crippen LogP contribution is -2.19. The van der Waals surface area contributed by atoms with Gasteiger partial charge in [-0.2, -0.15) is 0 Å². The topological polar surface area (TPSA) is 74.6 Å². The van der Waals surface area contributed by atoms with Crippen molar-refractivity contribution in [3.05, 3.63) is 24.3 Å². The fourth-order valence-corrected chi connectivity index (χ4v) is 2.25. The molecule has 2 N–H and O–H groups in total. The number of hydrogen-bond donors (Lipinski definition) is 2. The van der Waals surface area contributed by atoms with E-state index in [4.69, 9.17) is 5.11 Å². The maximum absolute atomic E-state index is 11.4. The number of aliphatic hydroxyl groups excluding tert-OH is 1. The lowest BCUT2D eigenvalue weighted by atomic mass is 9.91. The standard InChI is InChI=1S/C15H22O4/c1-10(2)11(15(18)19)6-4-3-5-7-12-13(16)8-9-14(12)17/h3,5,8-13,16H,4,6-7H2,1-2H3,(H,18,19). The lowest BCUT2D eigenvalue weighted by Gasteiger charge is -2.14. The molecule has 0 heterocycles. The number of ketones is 1. The minimum Gasteiger partial charge on any atom is -0.481 e. The zero-order chi connectivity index (χ0) is 14.4. The lowest BCUT2D eigenvalue weighted by molar-refractivity contribution is -0.143. The van der Waals surface area contributed by atoms with Gasteiger partial charge in [-0.3, -0.25) is 9.59 Å². The zero-order valence-electron chi connectivity index (χ0n) is 11.5. The van der Waals surface area contributed by atoms with E-state index in [1.807, 2.05) is 26.0 Å². The van der Waals surface area contributed by atoms with Gasteiger partial charge in [-0.1, -0.05) is 32.1 Å². The molecule has 0 amide bonds. The Hall–Kier alpha value is -1.42. The second-order valence-corrected chi connectivity index (χ2v) is 5.33. The van der Waals surface area contributed by atoms with Crippen LogP contribution in [0.4, 0.5) is 0 Å². The van der Waals surface area contributed by atoms with Crippen molar-refractivity contribution in [1.82, 2.24) is 0 Å². The molecule has 1 rings (SSSR count). The molecule has 0 saturated heterocycles. The molecule has 19 heavy (non-hydrogen) atoms. The molecule has 0 saturated carbocycles. The number of rotatable bonds is 7. The van der Waals surface area contributed by atoms with E-state index in [0.29, 0.717) is 19.3 Å². The quantitative estimate of drug-likeness (QED) is 0.693. The highest BCUT2D eigenvalue weighted by molar-refractivity contribution is 5.95. The van der Waals surface area contributed by atoms with Gasteiger partial charge in [-0.15, -0.1) is 0 Å². The molecule has 0 spiro atoms. The third-order valence-corrected chi connectivity index (χ3v) is 3.56. The van der Waals surface area contributed by atoms with Gasteiger partial charge in [0.25, 0.3) is 0 Å². The molecule has 106 valence electrons. The van der Waals surface area contributed by atoms with Gasteiger partial charge in [-0.05, 0) is 31.3 Å². The summed E-state index contributed by atoms with van der Waals surface area (Å²) >= 11 is 0. The molecule has 4 nitrogen and oxygen atoms in total. The van der Waals surface area contributed by atoms with Crippen LogP contribution in [0.3, 0.4) is 0 Å². The zero-order valence-corrected chi connectivity index (χ0v) is 11.5. The Morgan fingerprint density at radius 3 is 2.58 bits per heavy atom. The molecule has 1 aliphatic rings. The molecule has 0 aromatic heterocycles. The Kier molecular flexibility index (Phi) is 5.96. The molecule has 0 aromatic carbocycles. The van der Waals surface area contributed by atoms with Gasteiger partial charge < -0.3 is 10.2 Å². The van der Waals surface area contributed by atoms with E-state index in [9.17, 15) is 14.7 Å². The largest absolute Gasteiger partial charge is 0.481 e. The Balaban J connectivity index is 2.31. The summed E-state index contributed by atoms with van der Waals surface area (Å²) in [5.74, 6) is -1.37. The summed E-state index contributed by atoms with van der Waals surface area (Å²) < 4.78 is 0. The smallest absolute Gasteiger partial charge is 0.306 e. The van der Waals surface area contributed by atoms with Gasteiger partial charge in [-0.25, -0.2) is 0 Å². The number of aliphatic carboxylic acids is 1. The normalized spacial score (nSPS) is 24.5. The van der Waals surface area contributed by atoms with Crippen molar-refractivity contribution >= 4 is 11.8 Å². The second kappa shape index (κ2) is 7.24. The maximum Gasteiger partial charge on any atom is 0.306 e. The van der Waals surface area contributed by atoms with Crippen LogP contribution in [0.15, 0.2) is 24.3 Å². The summed E-state index contributed by atoms with van der Waals surface area (Å²) in [6.07, 6.45) is 7.80. The van der Waals surface area contributed by atoms with Gasteiger partial charge in [0.05, 0.1) is 17.9 Å². The summed E-state index contributed by atoms with van der Waals surface area (Å²) in [5.41, 5.74) is 0. The van der Waals surface area contributed by atoms with Crippen LogP contribution >= 0.6 is 0 Å². The third kappa shape index (κ3) is 4.63. The van der Waals surface area contributed by atoms with Crippen molar-refractivity contribution in [3.63, 3.8) is 0 Å². The van der Waals surface area contributed by atoms with Crippen LogP contribution in [0, 0.1) is 17.8 Å². The van der Waals surface area contributed by atoms with Crippen LogP contribution in [0.5, 0.6) is 0 Å². The van der Waals surface area contributed by atoms with E-state index < -0.39 is 12.1 Å². The summed E-state index contributed by atoms with van der Waals surface area (Å²) in [4.78, 5) is 22.4. The molecule has 3 unspecified atom stereocenters. The predicted molar refractivity (Wildman–Crippen MR) is 72.6 cm³/mol. The van der Waals surface area contributed by atoms with Crippen LogP contribution in [0.25, 0.3) is 0 Å². The molecule has 3 atom stereocenters. The molecular formula is C15H22O4. The van der Waals surface area contributed by atoms with Crippen molar-refractivity contribution in [2.45, 2.75) is 39.2 Å². The minimum absolute atomic E-state index is 0.0391. The Morgan fingerprint density at radius 1 is 1.42 bits per heavy atom. The summed E-state index contributed by atoms with van der Waals surface area (Å²) in [6, 6.07) is 0. The minimum atomic E-state index is -0.756. The van der Waals surface area contributed by atoms with Gasteiger partial charge >= 0.3 is 5.97 Å². The van der Waals surface area contributed by atoms with Crippen LogP contribution in [-0.4, -0.2) is 28.1 Å². The molecule has 0 fully saturated rings. The average Bonchev–Trinajstić information content (AvgIpc) is 2.63. The predicted octanol–water partition coefficient (Wildman–Crippen LogP) is 2.19. The van der Waals surface area contributed by atoms with E-state index in [1.165, 1.54) is 12.2 Å². The number of carbonyl (C=O) groups excluding carboxylic acids is 1. The monoisotopic (exact) mass is 266 g/mol. The number of carboxylic acid groups (broad SMARTS) is 1. The van der Waals surface area contributed by atoms with Crippen molar-refractivity contribution in [2.24, 2.45) is 17.8 Å². The van der Waals surface area contributed by atoms with Crippen molar-refractivity contribution in [2.75, 3.05) is 0 Å². The first-order valence-corrected chi connectivity index (χ1v) is 6.71. The second-order valence-electron chi connectivity index (χ2n) is 5.33. The molecule has 0 radical (unpaired) electrons. The highest BCUT2D eigenvalue weighted by atomic mass is 16.4. The summed E-state index contributed by atoms with van der Waals surface area (Å²) in [6.45, 7) is 3.81. The third-order valence-electron chi connectivity index (χ3n) is 3.56. The summed E-state index contributed by atoms with van der Waals surface area (Å²) in [5, 5.41) is 18.6. The molecule has 0 bridgehead atoms. The number of aliphatic hydroxyl groups is 1. The van der Waals surface area contributed by atoms with E-state index in [2.05, 4.69) is 0 Å². The maximum atomic E-state index is 11.4. The van der Waals surface area contributed by atoms with Crippen LogP contribution in [0.1, 0.15) is 33.1 Å². The van der Waals surface area contributed by atoms with Crippen molar-refractivity contribution in [3.8, 4) is 0 Å². The Morgan fingerprint density at radius 2 is 2.11 bits per heavy atom. The van der Waals surface area contributed by atoms with Gasteiger partial charge in [0.15, 0.2) is 5.78 Å². The van der Waals surface area contributed by atoms with E-state index in [-0.39, 0.29) is 23.5 Å². The fourth-order valence-electron chi connectivity index (χ4n) is 2.25. The van der Waals surface area contributed by atoms with E-state index in [1.54, 1.807) is 0 Å². The van der Waals surface area contributed by atoms with Crippen molar-refractivity contribution in [1.29, 1.82) is 0 Å². The highest BCUT2D eigenvalue weighted by Crippen LogP contribution is 2.21. The van der Waals surface area contributed by atoms with Crippen molar-refractivity contribution < 1.29 is 19.8 Å². The molecule has 0 aliphatic heterocycles. The van der Waals surface area contributed by atoms with Crippen LogP contribution in [0.2, 0.25) is 0 Å². The van der Waals surface area contributed by atoms with Crippen LogP contribution in [-0.2, 0) is 9.59 Å². The van der Waals surface area contributed by atoms with E-state index >= 15 is 0 Å². The molecule has 0 aromatic rings. The number of hydrogen-bond acceptors (Lipinski definition) is 3. The highest BCUT2D eigenvalue weighted by Gasteiger charge is 2.26. The first kappa shape index (κ1) is 15.6. The average molecular weight is 266 g/mol. The van der Waals surface area contributed by atoms with Gasteiger partial charge in [0, 0.05) is 0 Å². The fraction of sp³-hybridized carbons (Fsp3) is 0.600. The first-order chi connectivity index (χ1) is 8.93. The molecule has 1 aliphatic carbocycles. The number of carbonyl (C=O) groups is 2. The SMILES string of the molecule is CC(C)C(CCC=CCC1C(=O)C=CC1O)C(=O)O. The summed E-state index contributed by atoms with van der Waals surface area (Å²) in [7, 11) is 0. The Bertz CT molecular complexity index is 382.